The minimum atomic E-state index is 0. The summed E-state index contributed by atoms with van der Waals surface area (Å²) in [5.74, 6) is 0. The van der Waals surface area contributed by atoms with Crippen LogP contribution in [0.3, 0.4) is 0 Å². The van der Waals surface area contributed by atoms with E-state index in [1.54, 1.807) is 77.0 Å². The third-order valence-corrected chi connectivity index (χ3v) is 9.03. The SMILES string of the molecule is C1CCC([S+](C2CCCC2)C2CCCC2)CC1.I.[I-]. The summed E-state index contributed by atoms with van der Waals surface area (Å²) >= 11 is 0. The molecule has 3 fully saturated rings. The number of halogens is 2. The molecule has 0 amide bonds. The predicted molar refractivity (Wildman–Crippen MR) is 94.2 cm³/mol. The Morgan fingerprint density at radius 2 is 0.737 bits per heavy atom. The van der Waals surface area contributed by atoms with Crippen LogP contribution in [0.4, 0.5) is 0 Å². The maximum atomic E-state index is 1.59. The topological polar surface area (TPSA) is 0 Å². The Bertz CT molecular complexity index is 213. The second kappa shape index (κ2) is 9.75. The van der Waals surface area contributed by atoms with Crippen LogP contribution in [0.25, 0.3) is 0 Å². The van der Waals surface area contributed by atoms with Crippen LogP contribution in [-0.2, 0) is 10.9 Å². The van der Waals surface area contributed by atoms with E-state index < -0.39 is 0 Å². The molecule has 3 aliphatic carbocycles. The van der Waals surface area contributed by atoms with Crippen molar-refractivity contribution in [2.45, 2.75) is 99.2 Å². The van der Waals surface area contributed by atoms with Gasteiger partial charge in [0.1, 0.15) is 15.7 Å². The molecule has 3 saturated carbocycles. The molecule has 0 aliphatic heterocycles. The Kier molecular flexibility index (Phi) is 9.68. The van der Waals surface area contributed by atoms with Crippen LogP contribution in [0.2, 0.25) is 0 Å². The van der Waals surface area contributed by atoms with Gasteiger partial charge in [-0.2, -0.15) is 0 Å². The van der Waals surface area contributed by atoms with E-state index in [-0.39, 0.29) is 48.0 Å². The molecule has 0 aromatic rings. The number of hydrogen-bond donors (Lipinski definition) is 0. The van der Waals surface area contributed by atoms with E-state index in [0.29, 0.717) is 0 Å². The normalized spacial score (nSPS) is 26.4. The first-order valence-electron chi connectivity index (χ1n) is 8.16. The number of hydrogen-bond acceptors (Lipinski definition) is 0. The van der Waals surface area contributed by atoms with E-state index >= 15 is 0 Å². The highest BCUT2D eigenvalue weighted by molar-refractivity contribution is 14.0. The average molecular weight is 508 g/mol. The van der Waals surface area contributed by atoms with Gasteiger partial charge in [0.2, 0.25) is 0 Å². The van der Waals surface area contributed by atoms with Gasteiger partial charge in [-0.1, -0.05) is 6.42 Å². The Hall–Kier alpha value is 1.81. The molecule has 0 heterocycles. The lowest BCUT2D eigenvalue weighted by Gasteiger charge is -2.30. The lowest BCUT2D eigenvalue weighted by atomic mass is 10.0. The van der Waals surface area contributed by atoms with Gasteiger partial charge in [0.15, 0.2) is 0 Å². The van der Waals surface area contributed by atoms with Gasteiger partial charge in [0.25, 0.3) is 0 Å². The fourth-order valence-electron chi connectivity index (χ4n) is 4.47. The summed E-state index contributed by atoms with van der Waals surface area (Å²) in [6.07, 6.45) is 20.4. The highest BCUT2D eigenvalue weighted by atomic mass is 127. The molecule has 3 rings (SSSR count). The molecular weight excluding hydrogens is 478 g/mol. The monoisotopic (exact) mass is 508 g/mol. The van der Waals surface area contributed by atoms with Crippen LogP contribution >= 0.6 is 24.0 Å². The molecule has 114 valence electrons. The second-order valence-corrected chi connectivity index (χ2v) is 9.30. The molecule has 0 radical (unpaired) electrons. The molecule has 0 unspecified atom stereocenters. The lowest BCUT2D eigenvalue weighted by molar-refractivity contribution is -0.00000362. The van der Waals surface area contributed by atoms with E-state index in [1.807, 2.05) is 0 Å². The quantitative estimate of drug-likeness (QED) is 0.406. The summed E-state index contributed by atoms with van der Waals surface area (Å²) in [6, 6.07) is 0. The summed E-state index contributed by atoms with van der Waals surface area (Å²) in [4.78, 5) is 0. The first-order chi connectivity index (χ1) is 8.45. The van der Waals surface area contributed by atoms with Gasteiger partial charge in [-0.15, -0.1) is 24.0 Å². The fraction of sp³-hybridized carbons (Fsp3) is 1.00. The largest absolute Gasteiger partial charge is 1.00 e. The molecule has 0 saturated heterocycles. The Morgan fingerprint density at radius 1 is 0.474 bits per heavy atom. The molecule has 0 spiro atoms. The van der Waals surface area contributed by atoms with Gasteiger partial charge < -0.3 is 24.0 Å². The zero-order valence-electron chi connectivity index (χ0n) is 12.1. The number of rotatable bonds is 3. The molecule has 0 aromatic heterocycles. The van der Waals surface area contributed by atoms with Gasteiger partial charge in [-0.05, 0) is 87.9 Å². The summed E-state index contributed by atoms with van der Waals surface area (Å²) in [5, 5.41) is 3.50. The minimum Gasteiger partial charge on any atom is -1.00 e. The molecule has 0 nitrogen and oxygen atoms in total. The van der Waals surface area contributed by atoms with Gasteiger partial charge in [-0.25, -0.2) is 0 Å². The first kappa shape index (κ1) is 18.9. The van der Waals surface area contributed by atoms with Crippen LogP contribution in [0.1, 0.15) is 83.5 Å². The maximum Gasteiger partial charge on any atom is 0.118 e. The van der Waals surface area contributed by atoms with Crippen LogP contribution in [0.15, 0.2) is 0 Å². The summed E-state index contributed by atoms with van der Waals surface area (Å²) in [7, 11) is 0.838. The van der Waals surface area contributed by atoms with E-state index in [2.05, 4.69) is 0 Å². The standard InChI is InChI=1S/C16H29S.2HI/c1-2-8-14(9-3-1)17(15-10-4-5-11-15)16-12-6-7-13-16;;/h14-16H,1-13H2;2*1H/q+1;;/p-1. The molecule has 19 heavy (non-hydrogen) atoms. The van der Waals surface area contributed by atoms with E-state index in [4.69, 9.17) is 0 Å². The highest BCUT2D eigenvalue weighted by Gasteiger charge is 2.46. The van der Waals surface area contributed by atoms with Crippen LogP contribution < -0.4 is 24.0 Å². The molecule has 0 aromatic carbocycles. The third-order valence-electron chi connectivity index (χ3n) is 5.31. The first-order valence-corrected chi connectivity index (χ1v) is 9.57. The average Bonchev–Trinajstić information content (AvgIpc) is 3.04. The highest BCUT2D eigenvalue weighted by Crippen LogP contribution is 2.41. The van der Waals surface area contributed by atoms with Crippen molar-refractivity contribution in [3.05, 3.63) is 0 Å². The van der Waals surface area contributed by atoms with Crippen molar-refractivity contribution in [3.63, 3.8) is 0 Å². The van der Waals surface area contributed by atoms with Crippen molar-refractivity contribution >= 4 is 34.9 Å². The zero-order chi connectivity index (χ0) is 11.5. The van der Waals surface area contributed by atoms with E-state index in [9.17, 15) is 0 Å². The summed E-state index contributed by atoms with van der Waals surface area (Å²) < 4.78 is 0. The molecule has 3 heteroatoms. The smallest absolute Gasteiger partial charge is 0.118 e. The summed E-state index contributed by atoms with van der Waals surface area (Å²) in [6.45, 7) is 0. The van der Waals surface area contributed by atoms with E-state index in [1.165, 1.54) is 16.9 Å². The minimum absolute atomic E-state index is 0. The van der Waals surface area contributed by atoms with Crippen molar-refractivity contribution in [1.29, 1.82) is 0 Å². The van der Waals surface area contributed by atoms with E-state index in [0.717, 1.165) is 16.1 Å². The van der Waals surface area contributed by atoms with Gasteiger partial charge in [0, 0.05) is 0 Å². The predicted octanol–water partition coefficient (Wildman–Crippen LogP) is 2.44. The van der Waals surface area contributed by atoms with Crippen molar-refractivity contribution in [3.8, 4) is 0 Å². The second-order valence-electron chi connectivity index (χ2n) is 6.48. The Labute approximate surface area is 157 Å². The van der Waals surface area contributed by atoms with Gasteiger partial charge in [0.05, 0.1) is 0 Å². The molecular formula is C16H30I2S. The van der Waals surface area contributed by atoms with Crippen molar-refractivity contribution in [2.75, 3.05) is 0 Å². The van der Waals surface area contributed by atoms with Gasteiger partial charge in [-0.3, -0.25) is 0 Å². The van der Waals surface area contributed by atoms with Crippen LogP contribution in [-0.4, -0.2) is 15.7 Å². The molecule has 3 aliphatic rings. The van der Waals surface area contributed by atoms with Crippen LogP contribution in [0.5, 0.6) is 0 Å². The van der Waals surface area contributed by atoms with Crippen LogP contribution in [0, 0.1) is 0 Å². The fourth-order valence-corrected chi connectivity index (χ4v) is 8.74. The van der Waals surface area contributed by atoms with Crippen molar-refractivity contribution < 1.29 is 24.0 Å². The van der Waals surface area contributed by atoms with Gasteiger partial charge >= 0.3 is 0 Å². The zero-order valence-corrected chi connectivity index (χ0v) is 17.4. The van der Waals surface area contributed by atoms with Crippen molar-refractivity contribution in [2.24, 2.45) is 0 Å². The Morgan fingerprint density at radius 3 is 1.05 bits per heavy atom. The molecule has 0 bridgehead atoms. The Balaban J connectivity index is 0.000000902. The summed E-state index contributed by atoms with van der Waals surface area (Å²) in [5.41, 5.74) is 0. The lowest BCUT2D eigenvalue weighted by Crippen LogP contribution is -3.00. The van der Waals surface area contributed by atoms with Crippen molar-refractivity contribution in [1.82, 2.24) is 0 Å². The maximum absolute atomic E-state index is 1.59. The molecule has 0 N–H and O–H groups in total. The molecule has 0 atom stereocenters. The third kappa shape index (κ3) is 4.90.